The summed E-state index contributed by atoms with van der Waals surface area (Å²) in [4.78, 5) is 4.71. The van der Waals surface area contributed by atoms with E-state index in [0.717, 1.165) is 19.0 Å². The second-order valence-corrected chi connectivity index (χ2v) is 8.82. The summed E-state index contributed by atoms with van der Waals surface area (Å²) in [6.07, 6.45) is 7.56. The lowest BCUT2D eigenvalue weighted by Gasteiger charge is -2.24. The van der Waals surface area contributed by atoms with E-state index in [2.05, 4.69) is 63.8 Å². The molecule has 2 aliphatic heterocycles. The van der Waals surface area contributed by atoms with Gasteiger partial charge < -0.3 is 31.7 Å². The van der Waals surface area contributed by atoms with Gasteiger partial charge >= 0.3 is 0 Å². The lowest BCUT2D eigenvalue weighted by atomic mass is 10.2. The van der Waals surface area contributed by atoms with E-state index in [-0.39, 0.29) is 12.1 Å². The van der Waals surface area contributed by atoms with E-state index in [0.29, 0.717) is 6.04 Å². The molecular weight excluding hydrogens is 386 g/mol. The van der Waals surface area contributed by atoms with Gasteiger partial charge in [0.15, 0.2) is 0 Å². The minimum atomic E-state index is -0.370. The molecule has 2 rings (SSSR count). The molecule has 0 radical (unpaired) electrons. The molecule has 4 atom stereocenters. The van der Waals surface area contributed by atoms with E-state index in [4.69, 9.17) is 16.6 Å². The first-order chi connectivity index (χ1) is 14.4. The fourth-order valence-corrected chi connectivity index (χ4v) is 1.55. The van der Waals surface area contributed by atoms with Gasteiger partial charge in [-0.25, -0.2) is 0 Å². The predicted octanol–water partition coefficient (Wildman–Crippen LogP) is 3.91. The van der Waals surface area contributed by atoms with E-state index in [9.17, 15) is 0 Å². The van der Waals surface area contributed by atoms with Gasteiger partial charge in [0.2, 0.25) is 0 Å². The molecule has 194 valence electrons. The van der Waals surface area contributed by atoms with Crippen molar-refractivity contribution in [1.82, 2.24) is 15.1 Å². The lowest BCUT2D eigenvalue weighted by molar-refractivity contribution is 0.170. The zero-order valence-corrected chi connectivity index (χ0v) is 23.4. The lowest BCUT2D eigenvalue weighted by Crippen LogP contribution is -2.32. The van der Waals surface area contributed by atoms with E-state index < -0.39 is 0 Å². The molecule has 6 nitrogen and oxygen atoms in total. The molecule has 0 bridgehead atoms. The highest BCUT2D eigenvalue weighted by atomic mass is 16.3. The average molecular weight is 450 g/mol. The quantitative estimate of drug-likeness (QED) is 0.520. The predicted molar refractivity (Wildman–Crippen MR) is 143 cm³/mol. The Labute approximate surface area is 197 Å². The topological polar surface area (TPSA) is 90.8 Å². The summed E-state index contributed by atoms with van der Waals surface area (Å²) in [7, 11) is 6.27. The summed E-state index contributed by atoms with van der Waals surface area (Å²) in [5.74, 6) is 0. The smallest absolute Gasteiger partial charge is 0.0660 e. The maximum absolute atomic E-state index is 8.50. The van der Waals surface area contributed by atoms with Gasteiger partial charge in [-0.15, -0.1) is 0 Å². The summed E-state index contributed by atoms with van der Waals surface area (Å²) < 4.78 is 0. The minimum absolute atomic E-state index is 0.0926. The van der Waals surface area contributed by atoms with Crippen molar-refractivity contribution >= 4 is 0 Å². The molecule has 2 aliphatic rings. The summed E-state index contributed by atoms with van der Waals surface area (Å²) in [6, 6.07) is 1.14. The van der Waals surface area contributed by atoms with Crippen LogP contribution >= 0.6 is 0 Å². The molecule has 0 aromatic carbocycles. The average Bonchev–Trinajstić information content (AvgIpc) is 3.10. The van der Waals surface area contributed by atoms with Gasteiger partial charge in [0.1, 0.15) is 0 Å². The Morgan fingerprint density at radius 1 is 0.935 bits per heavy atom. The van der Waals surface area contributed by atoms with Crippen LogP contribution in [0.5, 0.6) is 0 Å². The number of likely N-dealkylation sites (tertiary alicyclic amines) is 2. The monoisotopic (exact) mass is 450 g/mol. The third kappa shape index (κ3) is 40.6. The maximum Gasteiger partial charge on any atom is 0.0660 e. The van der Waals surface area contributed by atoms with Crippen molar-refractivity contribution < 1.29 is 5.11 Å². The zero-order chi connectivity index (χ0) is 25.2. The Kier molecular flexibility index (Phi) is 36.5. The number of nitrogens with one attached hydrogen (secondary N) is 1. The highest BCUT2D eigenvalue weighted by molar-refractivity contribution is 4.70. The molecule has 2 saturated heterocycles. The molecule has 0 spiro atoms. The van der Waals surface area contributed by atoms with Crippen LogP contribution in [0.15, 0.2) is 0 Å². The summed E-state index contributed by atoms with van der Waals surface area (Å²) >= 11 is 0. The highest BCUT2D eigenvalue weighted by Crippen LogP contribution is 2.12. The minimum Gasteiger partial charge on any atom is -0.392 e. The molecule has 0 aliphatic carbocycles. The van der Waals surface area contributed by atoms with Gasteiger partial charge in [0, 0.05) is 18.1 Å². The van der Waals surface area contributed by atoms with Gasteiger partial charge in [-0.3, -0.25) is 0 Å². The van der Waals surface area contributed by atoms with Crippen molar-refractivity contribution in [1.29, 1.82) is 0 Å². The number of rotatable bonds is 4. The van der Waals surface area contributed by atoms with E-state index in [1.54, 1.807) is 13.8 Å². The number of nitrogens with two attached hydrogens (primary N) is 2. The first-order valence-corrected chi connectivity index (χ1v) is 12.7. The first-order valence-electron chi connectivity index (χ1n) is 12.7. The Balaban J connectivity index is -0.000000143. The van der Waals surface area contributed by atoms with Crippen LogP contribution in [0.1, 0.15) is 93.9 Å². The molecular formula is C25H63N5O. The first kappa shape index (κ1) is 38.0. The fourth-order valence-electron chi connectivity index (χ4n) is 1.55. The van der Waals surface area contributed by atoms with Gasteiger partial charge in [0.25, 0.3) is 0 Å². The zero-order valence-electron chi connectivity index (χ0n) is 23.4. The fraction of sp³-hybridized carbons (Fsp3) is 1.00. The number of hydrogen-bond donors (Lipinski definition) is 4. The van der Waals surface area contributed by atoms with Crippen LogP contribution < -0.4 is 16.8 Å². The van der Waals surface area contributed by atoms with Crippen LogP contribution in [-0.2, 0) is 0 Å². The van der Waals surface area contributed by atoms with E-state index in [1.807, 2.05) is 14.0 Å². The van der Waals surface area contributed by atoms with Crippen LogP contribution in [0.25, 0.3) is 0 Å². The molecule has 2 heterocycles. The van der Waals surface area contributed by atoms with Gasteiger partial charge in [-0.1, -0.05) is 40.5 Å². The SMILES string of the molecule is CCCC.CCNC.CC[C@H](C)N.CN1CCC1.C[C@@H]1CCCN1C.C[C@H](N)[C@@H](C)O. The molecule has 0 amide bonds. The van der Waals surface area contributed by atoms with Crippen LogP contribution in [0, 0.1) is 0 Å². The standard InChI is InChI=1S/C6H13N.C4H11NO.C4H9N.C4H11N.C4H10.C3H9N/c1-6-4-3-5-7(6)2;1-3(5)4(2)6;1-5-3-2-4-5;1-3-4(2)5;2*1-3-4-2/h6H,3-5H2,1-2H3;3-4,6H,5H2,1-2H3;2-4H2,1H3;4H,3,5H2,1-2H3;3-4H2,1-2H3;4H,3H2,1-2H3/t6-;3-,4+;;4-;;/m10.0../s1. The molecule has 0 unspecified atom stereocenters. The summed E-state index contributed by atoms with van der Waals surface area (Å²) in [5, 5.41) is 11.4. The van der Waals surface area contributed by atoms with Gasteiger partial charge in [0.05, 0.1) is 6.10 Å². The van der Waals surface area contributed by atoms with Crippen molar-refractivity contribution in [3.63, 3.8) is 0 Å². The van der Waals surface area contributed by atoms with Crippen LogP contribution in [0.4, 0.5) is 0 Å². The van der Waals surface area contributed by atoms with Crippen molar-refractivity contribution in [3.05, 3.63) is 0 Å². The summed E-state index contributed by atoms with van der Waals surface area (Å²) in [6.45, 7) is 21.2. The number of nitrogens with zero attached hydrogens (tertiary/aromatic N) is 2. The van der Waals surface area contributed by atoms with Crippen LogP contribution in [0.3, 0.4) is 0 Å². The largest absolute Gasteiger partial charge is 0.392 e. The highest BCUT2D eigenvalue weighted by Gasteiger charge is 2.14. The maximum atomic E-state index is 8.50. The van der Waals surface area contributed by atoms with Crippen molar-refractivity contribution in [3.8, 4) is 0 Å². The molecule has 0 saturated carbocycles. The number of aliphatic hydroxyl groups excluding tert-OH is 1. The van der Waals surface area contributed by atoms with Crippen molar-refractivity contribution in [2.75, 3.05) is 47.3 Å². The van der Waals surface area contributed by atoms with Crippen molar-refractivity contribution in [2.45, 2.75) is 118 Å². The Hall–Kier alpha value is -0.240. The Morgan fingerprint density at radius 2 is 1.29 bits per heavy atom. The molecule has 0 aromatic heterocycles. The number of aliphatic hydroxyl groups is 1. The summed E-state index contributed by atoms with van der Waals surface area (Å²) in [5.41, 5.74) is 10.5. The normalized spacial score (nSPS) is 20.1. The molecule has 6 heteroatoms. The Bertz CT molecular complexity index is 272. The Morgan fingerprint density at radius 3 is 1.32 bits per heavy atom. The third-order valence-corrected chi connectivity index (χ3v) is 5.22. The molecule has 2 fully saturated rings. The van der Waals surface area contributed by atoms with E-state index >= 15 is 0 Å². The second-order valence-electron chi connectivity index (χ2n) is 8.82. The molecule has 31 heavy (non-hydrogen) atoms. The van der Waals surface area contributed by atoms with Gasteiger partial charge in [-0.2, -0.15) is 0 Å². The van der Waals surface area contributed by atoms with Crippen molar-refractivity contribution in [2.24, 2.45) is 11.5 Å². The van der Waals surface area contributed by atoms with Crippen LogP contribution in [-0.4, -0.2) is 86.5 Å². The molecule has 6 N–H and O–H groups in total. The number of hydrogen-bond acceptors (Lipinski definition) is 6. The second kappa shape index (κ2) is 29.8. The van der Waals surface area contributed by atoms with E-state index in [1.165, 1.54) is 51.7 Å². The molecule has 0 aromatic rings. The third-order valence-electron chi connectivity index (χ3n) is 5.22. The van der Waals surface area contributed by atoms with Crippen LogP contribution in [0.2, 0.25) is 0 Å². The van der Waals surface area contributed by atoms with Gasteiger partial charge in [-0.05, 0) is 101 Å². The number of unbranched alkanes of at least 4 members (excludes halogenated alkanes) is 1.